The first-order chi connectivity index (χ1) is 56.6. The van der Waals surface area contributed by atoms with Crippen LogP contribution in [0.3, 0.4) is 0 Å². The second kappa shape index (κ2) is 37.4. The standard InChI is InChI=1S/3C22H14NS.C10H8F3N3.C10H11N3.C9H7F3N4.3Ir/c3*1-14-12-20(23-19-8-4-2-6-16(14)19)15-10-11-18-17-7-3-5-9-21(17)24-22(18)13-15;1-16-5-3-2-4-8(16)7-6-9(15-14-7)10(11,12)13;1-8-7-9(12-11-8)10-5-3-4-6-13(10)2;1-16-5-3-2-4-6(16)7-13-8(15-14-7)9(10,11)12;;;/h3*2-9,11-13H,1H3;2-6H,1H3;3-7H,1-2H3;2-5H,1H3;;;/q3*-1;;;;;;. The van der Waals surface area contributed by atoms with Crippen LogP contribution in [0.15, 0.2) is 286 Å². The monoisotopic (exact) mass is 2180 g/mol. The van der Waals surface area contributed by atoms with Crippen LogP contribution in [-0.4, -0.2) is 35.2 Å². The van der Waals surface area contributed by atoms with Crippen molar-refractivity contribution < 1.29 is 100 Å². The number of para-hydroxylation sites is 3. The SMILES string of the molecule is C[n+]1ccccc1-c1cc(C(F)(F)F)n[n-]1.C[n+]1ccccc1-c1nc(C(F)(F)F)n[n-]1.Cc1cc(-c2[c-]cc3c(c2)sc2ccccc23)nc2ccccc12.Cc1cc(-c2[c-]cc3c(c2)sc2ccccc23)nc2ccccc12.Cc1cc(-c2[c-]cc3c(c2)sc2ccccc23)nc2ccccc12.Cc1cc(-c2cccc[n+]2C)[n-]n1.[Ir].[Ir].[Ir]. The van der Waals surface area contributed by atoms with E-state index in [1.165, 1.54) is 93.4 Å². The Kier molecular flexibility index (Phi) is 26.9. The minimum absolute atomic E-state index is 0. The molecule has 0 spiro atoms. The van der Waals surface area contributed by atoms with Gasteiger partial charge in [-0.1, -0.05) is 144 Å². The van der Waals surface area contributed by atoms with Gasteiger partial charge in [0.15, 0.2) is 30.0 Å². The van der Waals surface area contributed by atoms with Crippen molar-refractivity contribution in [1.29, 1.82) is 0 Å². The van der Waals surface area contributed by atoms with Gasteiger partial charge in [-0.25, -0.2) is 13.7 Å². The van der Waals surface area contributed by atoms with Gasteiger partial charge in [0.2, 0.25) is 5.69 Å². The number of hydrogen-bond acceptors (Lipinski definition) is 10. The van der Waals surface area contributed by atoms with Crippen molar-refractivity contribution in [3.8, 4) is 68.1 Å². The zero-order chi connectivity index (χ0) is 81.1. The molecule has 120 heavy (non-hydrogen) atoms. The molecule has 0 amide bonds. The smallest absolute Gasteiger partial charge is 0.431 e. The molecule has 9 aromatic carbocycles. The van der Waals surface area contributed by atoms with Gasteiger partial charge >= 0.3 is 12.4 Å². The molecular formula is C95H68F6Ir3N13S3-3. The molecule has 12 aromatic heterocycles. The van der Waals surface area contributed by atoms with E-state index in [1.807, 2.05) is 101 Å². The Labute approximate surface area is 738 Å². The van der Waals surface area contributed by atoms with Gasteiger partial charge in [0.25, 0.3) is 0 Å². The zero-order valence-corrected chi connectivity index (χ0v) is 74.6. The predicted molar refractivity (Wildman–Crippen MR) is 456 cm³/mol. The Hall–Kier alpha value is -11.6. The molecule has 0 saturated heterocycles. The quantitative estimate of drug-likeness (QED) is 0.0896. The van der Waals surface area contributed by atoms with Crippen LogP contribution >= 0.6 is 34.0 Å². The van der Waals surface area contributed by atoms with Crippen molar-refractivity contribution in [2.75, 3.05) is 0 Å². The van der Waals surface area contributed by atoms with Crippen molar-refractivity contribution in [3.63, 3.8) is 0 Å². The Morgan fingerprint density at radius 2 is 0.650 bits per heavy atom. The number of fused-ring (bicyclic) bond motifs is 12. The molecule has 0 bridgehead atoms. The Morgan fingerprint density at radius 1 is 0.317 bits per heavy atom. The van der Waals surface area contributed by atoms with E-state index in [4.69, 9.17) is 15.0 Å². The summed E-state index contributed by atoms with van der Waals surface area (Å²) >= 11 is 5.49. The van der Waals surface area contributed by atoms with Crippen LogP contribution in [0, 0.1) is 45.9 Å². The summed E-state index contributed by atoms with van der Waals surface area (Å²) < 4.78 is 86.8. The summed E-state index contributed by atoms with van der Waals surface area (Å²) in [6.45, 7) is 8.38. The first-order valence-corrected chi connectivity index (χ1v) is 39.5. The Bertz CT molecular complexity index is 6680. The molecule has 21 aromatic rings. The molecule has 0 atom stereocenters. The molecule has 0 fully saturated rings. The van der Waals surface area contributed by atoms with Crippen LogP contribution in [-0.2, 0) is 93.8 Å². The molecule has 3 radical (unpaired) electrons. The first kappa shape index (κ1) is 86.3. The maximum absolute atomic E-state index is 12.3. The van der Waals surface area contributed by atoms with Crippen LogP contribution in [0.25, 0.3) is 161 Å². The van der Waals surface area contributed by atoms with Crippen LogP contribution < -0.4 is 29.0 Å². The minimum atomic E-state index is -4.56. The molecular weight excluding hydrogens is 2110 g/mol. The van der Waals surface area contributed by atoms with Crippen molar-refractivity contribution in [2.24, 2.45) is 21.1 Å². The molecule has 21 rings (SSSR count). The van der Waals surface area contributed by atoms with E-state index in [-0.39, 0.29) is 71.8 Å². The second-order valence-corrected chi connectivity index (χ2v) is 31.0. The van der Waals surface area contributed by atoms with Crippen LogP contribution in [0.2, 0.25) is 0 Å². The van der Waals surface area contributed by atoms with Crippen molar-refractivity contribution in [3.05, 3.63) is 338 Å². The number of pyridine rings is 6. The van der Waals surface area contributed by atoms with Gasteiger partial charge in [0, 0.05) is 138 Å². The molecule has 603 valence electrons. The Morgan fingerprint density at radius 3 is 0.983 bits per heavy atom. The third-order valence-electron chi connectivity index (χ3n) is 19.6. The summed E-state index contributed by atoms with van der Waals surface area (Å²) in [5.74, 6) is -1.25. The van der Waals surface area contributed by atoms with E-state index in [9.17, 15) is 26.3 Å². The van der Waals surface area contributed by atoms with E-state index in [1.54, 1.807) is 72.0 Å². The molecule has 0 N–H and O–H groups in total. The van der Waals surface area contributed by atoms with E-state index in [0.29, 0.717) is 11.4 Å². The van der Waals surface area contributed by atoms with Crippen molar-refractivity contribution >= 4 is 127 Å². The maximum atomic E-state index is 12.3. The van der Waals surface area contributed by atoms with Crippen LogP contribution in [0.5, 0.6) is 0 Å². The maximum Gasteiger partial charge on any atom is 0.431 e. The largest absolute Gasteiger partial charge is 0.570 e. The van der Waals surface area contributed by atoms with E-state index in [2.05, 4.69) is 257 Å². The molecule has 0 aliphatic rings. The number of benzene rings is 9. The number of nitrogens with zero attached hydrogens (tertiary/aromatic N) is 13. The molecule has 12 heterocycles. The van der Waals surface area contributed by atoms with Crippen molar-refractivity contribution in [1.82, 2.24) is 50.5 Å². The van der Waals surface area contributed by atoms with Gasteiger partial charge < -0.3 is 30.5 Å². The molecule has 13 nitrogen and oxygen atoms in total. The van der Waals surface area contributed by atoms with Crippen molar-refractivity contribution in [2.45, 2.75) is 40.0 Å². The van der Waals surface area contributed by atoms with Crippen LogP contribution in [0.1, 0.15) is 33.9 Å². The van der Waals surface area contributed by atoms with Gasteiger partial charge in [-0.05, 0) is 170 Å². The number of halogens is 6. The van der Waals surface area contributed by atoms with Gasteiger partial charge in [-0.3, -0.25) is 20.1 Å². The van der Waals surface area contributed by atoms with E-state index < -0.39 is 23.9 Å². The summed E-state index contributed by atoms with van der Waals surface area (Å²) in [4.78, 5) is 17.9. The third kappa shape index (κ3) is 19.0. The summed E-state index contributed by atoms with van der Waals surface area (Å²) in [5, 5.41) is 32.5. The molecule has 0 saturated carbocycles. The van der Waals surface area contributed by atoms with E-state index >= 15 is 0 Å². The topological polar surface area (TPSA) is 144 Å². The fraction of sp³-hybridized carbons (Fsp3) is 0.0947. The predicted octanol–water partition coefficient (Wildman–Crippen LogP) is 22.5. The molecule has 25 heteroatoms. The summed E-state index contributed by atoms with van der Waals surface area (Å²) in [6.07, 6.45) is -3.58. The minimum Gasteiger partial charge on any atom is -0.570 e. The number of thiophene rings is 3. The summed E-state index contributed by atoms with van der Waals surface area (Å²) in [7, 11) is 5.43. The number of alkyl halides is 6. The number of aryl methyl sites for hydroxylation is 7. The number of aromatic nitrogens is 13. The van der Waals surface area contributed by atoms with Gasteiger partial charge in [0.1, 0.15) is 32.7 Å². The average Bonchev–Trinajstić information content (AvgIpc) is 1.58. The van der Waals surface area contributed by atoms with Gasteiger partial charge in [-0.15, -0.1) is 71.3 Å². The van der Waals surface area contributed by atoms with Gasteiger partial charge in [-0.2, -0.15) is 60.4 Å². The normalized spacial score (nSPS) is 11.2. The summed E-state index contributed by atoms with van der Waals surface area (Å²) in [6, 6.07) is 99.5. The Balaban J connectivity index is 0.000000126. The molecule has 0 aliphatic heterocycles. The summed E-state index contributed by atoms with van der Waals surface area (Å²) in [5.41, 5.74) is 16.3. The number of rotatable bonds is 6. The zero-order valence-electron chi connectivity index (χ0n) is 64.9. The van der Waals surface area contributed by atoms with Crippen LogP contribution in [0.4, 0.5) is 26.3 Å². The number of hydrogen-bond donors (Lipinski definition) is 0. The molecule has 0 unspecified atom stereocenters. The second-order valence-electron chi connectivity index (χ2n) is 27.7. The first-order valence-electron chi connectivity index (χ1n) is 37.1. The fourth-order valence-electron chi connectivity index (χ4n) is 13.8. The van der Waals surface area contributed by atoms with E-state index in [0.717, 1.165) is 73.5 Å². The fourth-order valence-corrected chi connectivity index (χ4v) is 17.2. The molecule has 0 aliphatic carbocycles. The average molecular weight is 2180 g/mol. The van der Waals surface area contributed by atoms with Gasteiger partial charge in [0.05, 0.1) is 16.6 Å². The third-order valence-corrected chi connectivity index (χ3v) is 23.0.